The molecule has 0 atom stereocenters. The third-order valence-electron chi connectivity index (χ3n) is 3.61. The van der Waals surface area contributed by atoms with Crippen LogP contribution in [-0.4, -0.2) is 44.9 Å². The van der Waals surface area contributed by atoms with Crippen LogP contribution < -0.4 is 4.90 Å². The smallest absolute Gasteiger partial charge is 0.308 e. The highest BCUT2D eigenvalue weighted by Crippen LogP contribution is 2.28. The van der Waals surface area contributed by atoms with Crippen molar-refractivity contribution in [1.29, 1.82) is 0 Å². The summed E-state index contributed by atoms with van der Waals surface area (Å²) in [6.45, 7) is 5.15. The second-order valence-corrected chi connectivity index (χ2v) is 6.97. The molecule has 0 radical (unpaired) electrons. The van der Waals surface area contributed by atoms with Gasteiger partial charge < -0.3 is 4.90 Å². The molecule has 2 heterocycles. The number of aromatic nitrogens is 3. The van der Waals surface area contributed by atoms with Gasteiger partial charge in [-0.1, -0.05) is 18.2 Å². The van der Waals surface area contributed by atoms with Crippen LogP contribution in [0.2, 0.25) is 5.15 Å². The van der Waals surface area contributed by atoms with Crippen LogP contribution in [-0.2, 0) is 4.79 Å². The van der Waals surface area contributed by atoms with Gasteiger partial charge in [0.2, 0.25) is 5.91 Å². The lowest BCUT2D eigenvalue weighted by atomic mass is 10.3. The molecule has 0 bridgehead atoms. The average Bonchev–Trinajstić information content (AvgIpc) is 3.01. The lowest BCUT2D eigenvalue weighted by Gasteiger charge is -2.19. The van der Waals surface area contributed by atoms with Crippen molar-refractivity contribution in [2.75, 3.05) is 23.0 Å². The van der Waals surface area contributed by atoms with E-state index in [1.54, 1.807) is 37.6 Å². The molecule has 2 aromatic heterocycles. The van der Waals surface area contributed by atoms with Crippen molar-refractivity contribution in [2.24, 2.45) is 0 Å². The van der Waals surface area contributed by atoms with Gasteiger partial charge in [-0.2, -0.15) is 30.0 Å². The molecule has 0 N–H and O–H groups in total. The zero-order valence-corrected chi connectivity index (χ0v) is 16.1. The first-order chi connectivity index (χ1) is 12.7. The van der Waals surface area contributed by atoms with Crippen molar-refractivity contribution in [1.82, 2.24) is 14.8 Å². The summed E-state index contributed by atoms with van der Waals surface area (Å²) in [6, 6.07) is 3.54. The van der Waals surface area contributed by atoms with Gasteiger partial charge in [0.25, 0.3) is 0 Å². The molecule has 0 spiro atoms. The zero-order chi connectivity index (χ0) is 20.0. The van der Waals surface area contributed by atoms with E-state index in [-0.39, 0.29) is 29.0 Å². The molecule has 5 nitrogen and oxygen atoms in total. The summed E-state index contributed by atoms with van der Waals surface area (Å²) >= 11 is 7.19. The minimum absolute atomic E-state index is 0.0814. The number of rotatable bonds is 8. The van der Waals surface area contributed by atoms with E-state index < -0.39 is 11.7 Å². The van der Waals surface area contributed by atoms with Crippen molar-refractivity contribution in [3.8, 4) is 5.69 Å². The van der Waals surface area contributed by atoms with Gasteiger partial charge in [-0.15, -0.1) is 0 Å². The average molecular weight is 419 g/mol. The van der Waals surface area contributed by atoms with E-state index in [4.69, 9.17) is 11.6 Å². The number of hydrogen-bond acceptors (Lipinski definition) is 4. The number of pyridine rings is 1. The summed E-state index contributed by atoms with van der Waals surface area (Å²) in [5.74, 6) is -0.253. The fraction of sp³-hybridized carbons (Fsp3) is 0.353. The summed E-state index contributed by atoms with van der Waals surface area (Å²) in [5, 5.41) is 4.34. The van der Waals surface area contributed by atoms with Crippen molar-refractivity contribution < 1.29 is 18.0 Å². The Bertz CT molecular complexity index is 795. The molecular formula is C17H18ClF3N4OS. The first-order valence-electron chi connectivity index (χ1n) is 8.02. The fourth-order valence-corrected chi connectivity index (χ4v) is 3.30. The van der Waals surface area contributed by atoms with Crippen LogP contribution in [0.5, 0.6) is 0 Å². The standard InChI is InChI=1S/C17H18ClF3N4OS/c1-3-24(15(26)6-8-27-11-12(2)17(19,20)21)14-10-25(23-16(14)18)13-5-4-7-22-9-13/h4-5,7,9-10H,2-3,6,8,11H2,1H3. The molecule has 2 rings (SSSR count). The Morgan fingerprint density at radius 3 is 2.78 bits per heavy atom. The summed E-state index contributed by atoms with van der Waals surface area (Å²) in [6.07, 6.45) is 0.538. The molecule has 0 aromatic carbocycles. The van der Waals surface area contributed by atoms with Gasteiger partial charge in [0.1, 0.15) is 5.69 Å². The minimum atomic E-state index is -4.40. The number of nitrogens with zero attached hydrogens (tertiary/aromatic N) is 4. The fourth-order valence-electron chi connectivity index (χ4n) is 2.20. The Morgan fingerprint density at radius 1 is 1.44 bits per heavy atom. The second-order valence-electron chi connectivity index (χ2n) is 5.50. The van der Waals surface area contributed by atoms with Crippen LogP contribution in [0, 0.1) is 0 Å². The highest BCUT2D eigenvalue weighted by Gasteiger charge is 2.31. The van der Waals surface area contributed by atoms with E-state index >= 15 is 0 Å². The van der Waals surface area contributed by atoms with Crippen LogP contribution >= 0.6 is 23.4 Å². The van der Waals surface area contributed by atoms with Gasteiger partial charge in [-0.3, -0.25) is 9.78 Å². The Balaban J connectivity index is 1.99. The second kappa shape index (κ2) is 9.27. The number of thioether (sulfide) groups is 1. The Hall–Kier alpha value is -2.00. The molecule has 0 aliphatic heterocycles. The number of alkyl halides is 3. The molecule has 146 valence electrons. The number of halogens is 4. The molecular weight excluding hydrogens is 401 g/mol. The van der Waals surface area contributed by atoms with Crippen molar-refractivity contribution in [3.05, 3.63) is 48.0 Å². The summed E-state index contributed by atoms with van der Waals surface area (Å²) < 4.78 is 38.7. The summed E-state index contributed by atoms with van der Waals surface area (Å²) in [4.78, 5) is 17.9. The zero-order valence-electron chi connectivity index (χ0n) is 14.5. The lowest BCUT2D eigenvalue weighted by Crippen LogP contribution is -2.30. The molecule has 1 amide bonds. The predicted molar refractivity (Wildman–Crippen MR) is 102 cm³/mol. The van der Waals surface area contributed by atoms with E-state index in [0.29, 0.717) is 17.9 Å². The monoisotopic (exact) mass is 418 g/mol. The first kappa shape index (κ1) is 21.3. The van der Waals surface area contributed by atoms with E-state index in [9.17, 15) is 18.0 Å². The third-order valence-corrected chi connectivity index (χ3v) is 4.92. The maximum atomic E-state index is 12.5. The van der Waals surface area contributed by atoms with Crippen molar-refractivity contribution in [3.63, 3.8) is 0 Å². The maximum Gasteiger partial charge on any atom is 0.412 e. The van der Waals surface area contributed by atoms with E-state index in [1.165, 1.54) is 9.58 Å². The van der Waals surface area contributed by atoms with Crippen LogP contribution in [0.15, 0.2) is 42.9 Å². The molecule has 0 aliphatic carbocycles. The largest absolute Gasteiger partial charge is 0.412 e. The number of anilines is 1. The maximum absolute atomic E-state index is 12.5. The lowest BCUT2D eigenvalue weighted by molar-refractivity contribution is -0.118. The molecule has 0 aliphatic rings. The normalized spacial score (nSPS) is 11.4. The molecule has 27 heavy (non-hydrogen) atoms. The number of amides is 1. The molecule has 0 unspecified atom stereocenters. The molecule has 0 saturated heterocycles. The molecule has 0 fully saturated rings. The third kappa shape index (κ3) is 5.74. The Kier molecular flexibility index (Phi) is 7.32. The van der Waals surface area contributed by atoms with Crippen LogP contribution in [0.25, 0.3) is 5.69 Å². The van der Waals surface area contributed by atoms with Crippen molar-refractivity contribution >= 4 is 35.0 Å². The van der Waals surface area contributed by atoms with Gasteiger partial charge in [-0.05, 0) is 19.1 Å². The Morgan fingerprint density at radius 2 is 2.19 bits per heavy atom. The van der Waals surface area contributed by atoms with E-state index in [1.807, 2.05) is 0 Å². The quantitative estimate of drug-likeness (QED) is 0.467. The van der Waals surface area contributed by atoms with Gasteiger partial charge in [0, 0.05) is 36.2 Å². The van der Waals surface area contributed by atoms with Crippen molar-refractivity contribution in [2.45, 2.75) is 19.5 Å². The predicted octanol–water partition coefficient (Wildman–Crippen LogP) is 4.52. The number of hydrogen-bond donors (Lipinski definition) is 0. The van der Waals surface area contributed by atoms with E-state index in [2.05, 4.69) is 16.7 Å². The number of carbonyl (C=O) groups is 1. The molecule has 10 heteroatoms. The SMILES string of the molecule is C=C(CSCCC(=O)N(CC)c1cn(-c2cccnc2)nc1Cl)C(F)(F)F. The number of carbonyl (C=O) groups excluding carboxylic acids is 1. The minimum Gasteiger partial charge on any atom is -0.308 e. The topological polar surface area (TPSA) is 51.0 Å². The summed E-state index contributed by atoms with van der Waals surface area (Å²) in [5.41, 5.74) is 0.321. The van der Waals surface area contributed by atoms with Crippen LogP contribution in [0.3, 0.4) is 0 Å². The van der Waals surface area contributed by atoms with Crippen LogP contribution in [0.4, 0.5) is 18.9 Å². The molecule has 0 saturated carbocycles. The van der Waals surface area contributed by atoms with E-state index in [0.717, 1.165) is 11.8 Å². The van der Waals surface area contributed by atoms with Gasteiger partial charge >= 0.3 is 6.18 Å². The molecule has 2 aromatic rings. The van der Waals surface area contributed by atoms with Crippen LogP contribution in [0.1, 0.15) is 13.3 Å². The van der Waals surface area contributed by atoms with Gasteiger partial charge in [0.05, 0.1) is 18.1 Å². The highest BCUT2D eigenvalue weighted by molar-refractivity contribution is 7.99. The Labute approximate surface area is 164 Å². The van der Waals surface area contributed by atoms with Gasteiger partial charge in [0.15, 0.2) is 5.15 Å². The van der Waals surface area contributed by atoms with Gasteiger partial charge in [-0.25, -0.2) is 4.68 Å². The summed E-state index contributed by atoms with van der Waals surface area (Å²) in [7, 11) is 0. The highest BCUT2D eigenvalue weighted by atomic mass is 35.5. The first-order valence-corrected chi connectivity index (χ1v) is 9.56.